The molecule has 1 aliphatic heterocycles. The summed E-state index contributed by atoms with van der Waals surface area (Å²) in [6.07, 6.45) is 1.86. The minimum Gasteiger partial charge on any atom is -0.490 e. The van der Waals surface area contributed by atoms with Crippen LogP contribution in [0.5, 0.6) is 5.75 Å². The van der Waals surface area contributed by atoms with Gasteiger partial charge in [-0.1, -0.05) is 71.5 Å². The highest BCUT2D eigenvalue weighted by Gasteiger charge is 2.33. The number of benzene rings is 3. The lowest BCUT2D eigenvalue weighted by Crippen LogP contribution is -2.39. The van der Waals surface area contributed by atoms with E-state index >= 15 is 0 Å². The molecule has 1 aliphatic rings. The van der Waals surface area contributed by atoms with Crippen LogP contribution in [-0.4, -0.2) is 23.2 Å². The minimum absolute atomic E-state index is 0.0270. The van der Waals surface area contributed by atoms with Crippen LogP contribution in [0.1, 0.15) is 50.4 Å². The molecule has 0 bridgehead atoms. The van der Waals surface area contributed by atoms with Gasteiger partial charge in [-0.25, -0.2) is 9.79 Å². The molecule has 1 aromatic heterocycles. The van der Waals surface area contributed by atoms with E-state index < -0.39 is 12.0 Å². The molecule has 0 saturated heterocycles. The zero-order valence-corrected chi connectivity index (χ0v) is 23.0. The first-order valence-corrected chi connectivity index (χ1v) is 13.5. The number of rotatable bonds is 6. The van der Waals surface area contributed by atoms with Crippen molar-refractivity contribution in [3.05, 3.63) is 108 Å². The molecule has 3 aromatic carbocycles. The average Bonchev–Trinajstić information content (AvgIpc) is 3.19. The molecule has 2 heterocycles. The number of esters is 1. The van der Waals surface area contributed by atoms with Gasteiger partial charge in [0.25, 0.3) is 5.56 Å². The molecule has 6 nitrogen and oxygen atoms in total. The first-order chi connectivity index (χ1) is 18.3. The van der Waals surface area contributed by atoms with Crippen LogP contribution in [-0.2, 0) is 9.53 Å². The van der Waals surface area contributed by atoms with Crippen molar-refractivity contribution in [3.63, 3.8) is 0 Å². The van der Waals surface area contributed by atoms with Gasteiger partial charge < -0.3 is 9.47 Å². The second kappa shape index (κ2) is 10.4. The van der Waals surface area contributed by atoms with E-state index in [1.54, 1.807) is 18.4 Å². The maximum Gasteiger partial charge on any atom is 0.338 e. The Hall–Kier alpha value is -3.97. The van der Waals surface area contributed by atoms with Crippen LogP contribution in [0.25, 0.3) is 16.8 Å². The summed E-state index contributed by atoms with van der Waals surface area (Å²) in [6.45, 7) is 9.76. The highest BCUT2D eigenvalue weighted by Crippen LogP contribution is 2.32. The Balaban J connectivity index is 1.77. The van der Waals surface area contributed by atoms with Gasteiger partial charge in [0, 0.05) is 5.56 Å². The van der Waals surface area contributed by atoms with E-state index in [2.05, 4.69) is 4.99 Å². The van der Waals surface area contributed by atoms with Gasteiger partial charge in [-0.2, -0.15) is 0 Å². The Morgan fingerprint density at radius 2 is 1.82 bits per heavy atom. The van der Waals surface area contributed by atoms with Crippen molar-refractivity contribution in [1.29, 1.82) is 0 Å². The van der Waals surface area contributed by atoms with E-state index in [1.807, 2.05) is 87.5 Å². The summed E-state index contributed by atoms with van der Waals surface area (Å²) in [7, 11) is 0. The van der Waals surface area contributed by atoms with Crippen molar-refractivity contribution >= 4 is 34.2 Å². The summed E-state index contributed by atoms with van der Waals surface area (Å²) < 4.78 is 13.7. The van der Waals surface area contributed by atoms with E-state index in [0.29, 0.717) is 26.4 Å². The number of nitrogens with zero attached hydrogens (tertiary/aromatic N) is 2. The lowest BCUT2D eigenvalue weighted by Gasteiger charge is -2.24. The Morgan fingerprint density at radius 1 is 1.08 bits per heavy atom. The molecular formula is C31H30N2O4S. The van der Waals surface area contributed by atoms with E-state index in [-0.39, 0.29) is 18.3 Å². The number of ether oxygens (including phenoxy) is 2. The number of fused-ring (bicyclic) bond motifs is 2. The summed E-state index contributed by atoms with van der Waals surface area (Å²) >= 11 is 1.31. The Kier molecular flexibility index (Phi) is 7.04. The second-order valence-corrected chi connectivity index (χ2v) is 10.6. The Morgan fingerprint density at radius 3 is 2.53 bits per heavy atom. The fourth-order valence-electron chi connectivity index (χ4n) is 4.77. The van der Waals surface area contributed by atoms with Gasteiger partial charge >= 0.3 is 5.97 Å². The van der Waals surface area contributed by atoms with E-state index in [1.165, 1.54) is 11.3 Å². The van der Waals surface area contributed by atoms with Gasteiger partial charge in [-0.15, -0.1) is 0 Å². The molecule has 0 radical (unpaired) electrons. The molecule has 0 fully saturated rings. The molecule has 0 N–H and O–H groups in total. The highest BCUT2D eigenvalue weighted by atomic mass is 32.1. The van der Waals surface area contributed by atoms with Gasteiger partial charge in [0.05, 0.1) is 34.6 Å². The number of thiazole rings is 1. The first-order valence-electron chi connectivity index (χ1n) is 12.7. The predicted octanol–water partition coefficient (Wildman–Crippen LogP) is 5.05. The molecule has 0 saturated carbocycles. The van der Waals surface area contributed by atoms with Crippen molar-refractivity contribution in [1.82, 2.24) is 4.57 Å². The first kappa shape index (κ1) is 25.7. The van der Waals surface area contributed by atoms with Gasteiger partial charge in [-0.3, -0.25) is 9.36 Å². The molecule has 0 spiro atoms. The third-order valence-electron chi connectivity index (χ3n) is 6.48. The molecule has 38 heavy (non-hydrogen) atoms. The Labute approximate surface area is 225 Å². The van der Waals surface area contributed by atoms with Gasteiger partial charge in [0.2, 0.25) is 0 Å². The third kappa shape index (κ3) is 4.70. The molecule has 0 aliphatic carbocycles. The summed E-state index contributed by atoms with van der Waals surface area (Å²) in [4.78, 5) is 32.4. The molecule has 7 heteroatoms. The lowest BCUT2D eigenvalue weighted by atomic mass is 9.95. The standard InChI is InChI=1S/C31H30N2O4S/c1-6-36-30(35)27-20(5)32-31-33(28(27)22-13-11-19(4)12-14-22)29(34)26(38-31)17-24-23-10-8-7-9-21(23)15-16-25(24)37-18(2)3/h7-18,28H,6H2,1-5H3/b26-17-/t28-/m1/s1. The number of aromatic nitrogens is 1. The van der Waals surface area contributed by atoms with Crippen LogP contribution in [0.15, 0.2) is 81.7 Å². The summed E-state index contributed by atoms with van der Waals surface area (Å²) in [5, 5.41) is 2.05. The summed E-state index contributed by atoms with van der Waals surface area (Å²) in [5.74, 6) is 0.248. The molecule has 4 aromatic rings. The second-order valence-electron chi connectivity index (χ2n) is 9.58. The number of carbonyl (C=O) groups is 1. The molecule has 0 unspecified atom stereocenters. The van der Waals surface area contributed by atoms with Crippen molar-refractivity contribution in [2.24, 2.45) is 4.99 Å². The van der Waals surface area contributed by atoms with Crippen LogP contribution in [0, 0.1) is 6.92 Å². The van der Waals surface area contributed by atoms with Crippen LogP contribution < -0.4 is 19.6 Å². The number of carbonyl (C=O) groups excluding carboxylic acids is 1. The SMILES string of the molecule is CCOC(=O)C1=C(C)N=c2s/c(=C\c3c(OC(C)C)ccc4ccccc34)c(=O)n2[C@@H]1c1ccc(C)cc1. The molecular weight excluding hydrogens is 496 g/mol. The largest absolute Gasteiger partial charge is 0.490 e. The summed E-state index contributed by atoms with van der Waals surface area (Å²) in [6, 6.07) is 19.3. The van der Waals surface area contributed by atoms with Crippen LogP contribution >= 0.6 is 11.3 Å². The van der Waals surface area contributed by atoms with Crippen molar-refractivity contribution < 1.29 is 14.3 Å². The molecule has 194 valence electrons. The van der Waals surface area contributed by atoms with Gasteiger partial charge in [-0.05, 0) is 63.1 Å². The fourth-order valence-corrected chi connectivity index (χ4v) is 5.80. The quantitative estimate of drug-likeness (QED) is 0.330. The highest BCUT2D eigenvalue weighted by molar-refractivity contribution is 7.07. The van der Waals surface area contributed by atoms with Crippen molar-refractivity contribution in [3.8, 4) is 5.75 Å². The minimum atomic E-state index is -0.632. The summed E-state index contributed by atoms with van der Waals surface area (Å²) in [5.41, 5.74) is 3.48. The normalized spacial score (nSPS) is 15.5. The van der Waals surface area contributed by atoms with Gasteiger partial charge in [0.15, 0.2) is 4.80 Å². The van der Waals surface area contributed by atoms with Gasteiger partial charge in [0.1, 0.15) is 5.75 Å². The van der Waals surface area contributed by atoms with Crippen molar-refractivity contribution in [2.75, 3.05) is 6.61 Å². The fraction of sp³-hybridized carbons (Fsp3) is 0.258. The monoisotopic (exact) mass is 526 g/mol. The smallest absolute Gasteiger partial charge is 0.338 e. The lowest BCUT2D eigenvalue weighted by molar-refractivity contribution is -0.139. The molecule has 5 rings (SSSR count). The maximum atomic E-state index is 14.0. The zero-order chi connectivity index (χ0) is 27.0. The Bertz CT molecular complexity index is 1740. The zero-order valence-electron chi connectivity index (χ0n) is 22.1. The topological polar surface area (TPSA) is 69.9 Å². The number of hydrogen-bond donors (Lipinski definition) is 0. The molecule has 0 amide bonds. The molecule has 1 atom stereocenters. The van der Waals surface area contributed by atoms with E-state index in [9.17, 15) is 9.59 Å². The number of allylic oxidation sites excluding steroid dienone is 1. The third-order valence-corrected chi connectivity index (χ3v) is 7.46. The van der Waals surface area contributed by atoms with E-state index in [4.69, 9.17) is 9.47 Å². The number of hydrogen-bond acceptors (Lipinski definition) is 6. The van der Waals surface area contributed by atoms with E-state index in [0.717, 1.165) is 27.5 Å². The van der Waals surface area contributed by atoms with Crippen LogP contribution in [0.2, 0.25) is 0 Å². The van der Waals surface area contributed by atoms with Crippen molar-refractivity contribution in [2.45, 2.75) is 46.8 Å². The van der Waals surface area contributed by atoms with Crippen LogP contribution in [0.4, 0.5) is 0 Å². The maximum absolute atomic E-state index is 14.0. The average molecular weight is 527 g/mol. The van der Waals surface area contributed by atoms with Crippen LogP contribution in [0.3, 0.4) is 0 Å². The number of aryl methyl sites for hydroxylation is 1. The predicted molar refractivity (Wildman–Crippen MR) is 151 cm³/mol.